The summed E-state index contributed by atoms with van der Waals surface area (Å²) in [6.07, 6.45) is 32.2. The lowest BCUT2D eigenvalue weighted by atomic mass is 10.0. The summed E-state index contributed by atoms with van der Waals surface area (Å²) in [7, 11) is 0. The SMILES string of the molecule is CC/C=C\C[C@H](O)/C=C/C=C/C=C\C=C/[C@@H](O)[C@H](O)CCCC(=O)O[C@@H](CO)COC(=O)CCCCCCCCCCCCCCC. The van der Waals surface area contributed by atoms with Gasteiger partial charge in [-0.25, -0.2) is 0 Å². The minimum atomic E-state index is -1.09. The van der Waals surface area contributed by atoms with Crippen molar-refractivity contribution in [2.24, 2.45) is 0 Å². The number of ether oxygens (including phenoxy) is 2. The van der Waals surface area contributed by atoms with Gasteiger partial charge in [-0.2, -0.15) is 0 Å². The predicted octanol–water partition coefficient (Wildman–Crippen LogP) is 7.75. The first-order valence-corrected chi connectivity index (χ1v) is 18.2. The van der Waals surface area contributed by atoms with E-state index >= 15 is 0 Å². The Bertz CT molecular complexity index is 891. The van der Waals surface area contributed by atoms with E-state index in [0.29, 0.717) is 12.8 Å². The van der Waals surface area contributed by atoms with Crippen LogP contribution < -0.4 is 0 Å². The van der Waals surface area contributed by atoms with E-state index in [2.05, 4.69) is 6.92 Å². The Balaban J connectivity index is 3.97. The van der Waals surface area contributed by atoms with Crippen LogP contribution in [0.15, 0.2) is 60.8 Å². The molecule has 0 spiro atoms. The molecule has 270 valence electrons. The van der Waals surface area contributed by atoms with E-state index in [-0.39, 0.29) is 31.8 Å². The lowest BCUT2D eigenvalue weighted by Gasteiger charge is -2.17. The van der Waals surface area contributed by atoms with Crippen LogP contribution in [-0.4, -0.2) is 70.0 Å². The summed E-state index contributed by atoms with van der Waals surface area (Å²) in [6, 6.07) is 0. The van der Waals surface area contributed by atoms with Gasteiger partial charge in [-0.3, -0.25) is 9.59 Å². The van der Waals surface area contributed by atoms with Gasteiger partial charge in [-0.1, -0.05) is 152 Å². The summed E-state index contributed by atoms with van der Waals surface area (Å²) in [5, 5.41) is 39.6. The van der Waals surface area contributed by atoms with Gasteiger partial charge < -0.3 is 29.9 Å². The molecule has 0 bridgehead atoms. The normalized spacial score (nSPS) is 14.9. The third-order valence-electron chi connectivity index (χ3n) is 7.67. The van der Waals surface area contributed by atoms with Crippen molar-refractivity contribution in [3.05, 3.63) is 60.8 Å². The zero-order valence-corrected chi connectivity index (χ0v) is 29.4. The lowest BCUT2D eigenvalue weighted by molar-refractivity contribution is -0.161. The summed E-state index contributed by atoms with van der Waals surface area (Å²) in [6.45, 7) is 3.64. The van der Waals surface area contributed by atoms with E-state index in [1.54, 1.807) is 42.5 Å². The van der Waals surface area contributed by atoms with Gasteiger partial charge in [-0.05, 0) is 32.1 Å². The molecule has 8 nitrogen and oxygen atoms in total. The molecule has 0 aromatic rings. The molecule has 4 atom stereocenters. The van der Waals surface area contributed by atoms with Gasteiger partial charge in [0, 0.05) is 12.8 Å². The molecule has 0 radical (unpaired) electrons. The van der Waals surface area contributed by atoms with Gasteiger partial charge in [0.2, 0.25) is 0 Å². The second-order valence-electron chi connectivity index (χ2n) is 12.1. The van der Waals surface area contributed by atoms with Crippen LogP contribution in [0.2, 0.25) is 0 Å². The van der Waals surface area contributed by atoms with Crippen LogP contribution in [0.4, 0.5) is 0 Å². The number of rotatable bonds is 31. The standard InChI is InChI=1S/C39H66O8/c1-3-5-7-8-9-10-11-12-13-14-15-20-24-30-38(44)46-33-35(32-40)47-39(45)31-25-29-37(43)36(42)28-23-19-17-16-18-22-27-34(41)26-21-6-4-2/h6,16-19,21-23,27-28,34-37,40-43H,3-5,7-15,20,24-26,29-33H2,1-2H3/b18-16+,19-17-,21-6-,27-22+,28-23-/t34-,35-,36+,37+/m0/s1. The number of hydrogen-bond donors (Lipinski definition) is 4. The number of esters is 2. The highest BCUT2D eigenvalue weighted by Crippen LogP contribution is 2.13. The third kappa shape index (κ3) is 30.6. The smallest absolute Gasteiger partial charge is 0.306 e. The van der Waals surface area contributed by atoms with E-state index < -0.39 is 37.0 Å². The highest BCUT2D eigenvalue weighted by Gasteiger charge is 2.18. The first kappa shape index (κ1) is 44.5. The van der Waals surface area contributed by atoms with Crippen molar-refractivity contribution >= 4 is 11.9 Å². The Morgan fingerprint density at radius 3 is 1.74 bits per heavy atom. The number of carbonyl (C=O) groups excluding carboxylic acids is 2. The van der Waals surface area contributed by atoms with Crippen molar-refractivity contribution in [1.82, 2.24) is 0 Å². The molecular weight excluding hydrogens is 596 g/mol. The van der Waals surface area contributed by atoms with Crippen LogP contribution in [0.3, 0.4) is 0 Å². The second-order valence-corrected chi connectivity index (χ2v) is 12.1. The molecule has 8 heteroatoms. The molecule has 0 amide bonds. The van der Waals surface area contributed by atoms with Crippen molar-refractivity contribution in [3.8, 4) is 0 Å². The van der Waals surface area contributed by atoms with Crippen molar-refractivity contribution < 1.29 is 39.5 Å². The number of aliphatic hydroxyl groups is 4. The molecule has 0 fully saturated rings. The minimum Gasteiger partial charge on any atom is -0.462 e. The Kier molecular flexibility index (Phi) is 31.6. The number of hydrogen-bond acceptors (Lipinski definition) is 8. The highest BCUT2D eigenvalue weighted by molar-refractivity contribution is 5.70. The summed E-state index contributed by atoms with van der Waals surface area (Å²) in [4.78, 5) is 24.2. The molecule has 4 N–H and O–H groups in total. The average molecular weight is 663 g/mol. The molecule has 0 heterocycles. The van der Waals surface area contributed by atoms with Gasteiger partial charge in [0.05, 0.1) is 24.9 Å². The maximum Gasteiger partial charge on any atom is 0.306 e. The fourth-order valence-electron chi connectivity index (χ4n) is 4.78. The van der Waals surface area contributed by atoms with Gasteiger partial charge >= 0.3 is 11.9 Å². The van der Waals surface area contributed by atoms with Crippen molar-refractivity contribution in [3.63, 3.8) is 0 Å². The molecule has 0 aliphatic carbocycles. The fraction of sp³-hybridized carbons (Fsp3) is 0.692. The van der Waals surface area contributed by atoms with Gasteiger partial charge in [0.1, 0.15) is 6.61 Å². The van der Waals surface area contributed by atoms with Crippen LogP contribution >= 0.6 is 0 Å². The van der Waals surface area contributed by atoms with E-state index in [4.69, 9.17) is 9.47 Å². The molecule has 0 aromatic carbocycles. The zero-order valence-electron chi connectivity index (χ0n) is 29.4. The molecule has 0 aromatic heterocycles. The Morgan fingerprint density at radius 2 is 1.17 bits per heavy atom. The molecular formula is C39H66O8. The topological polar surface area (TPSA) is 134 Å². The van der Waals surface area contributed by atoms with Crippen LogP contribution in [-0.2, 0) is 19.1 Å². The second kappa shape index (κ2) is 33.4. The molecule has 0 saturated heterocycles. The van der Waals surface area contributed by atoms with Crippen molar-refractivity contribution in [2.45, 2.75) is 160 Å². The molecule has 47 heavy (non-hydrogen) atoms. The van der Waals surface area contributed by atoms with Crippen molar-refractivity contribution in [2.75, 3.05) is 13.2 Å². The summed E-state index contributed by atoms with van der Waals surface area (Å²) in [5.74, 6) is -0.927. The van der Waals surface area contributed by atoms with Crippen LogP contribution in [0.25, 0.3) is 0 Å². The largest absolute Gasteiger partial charge is 0.462 e. The first-order valence-electron chi connectivity index (χ1n) is 18.2. The molecule has 0 saturated carbocycles. The zero-order chi connectivity index (χ0) is 34.8. The molecule has 0 aliphatic rings. The number of allylic oxidation sites excluding steroid dienone is 7. The van der Waals surface area contributed by atoms with Crippen LogP contribution in [0.1, 0.15) is 136 Å². The quantitative estimate of drug-likeness (QED) is 0.0256. The minimum absolute atomic E-state index is 0.00129. The first-order chi connectivity index (χ1) is 22.8. The van der Waals surface area contributed by atoms with E-state index in [1.807, 2.05) is 19.1 Å². The maximum absolute atomic E-state index is 12.2. The van der Waals surface area contributed by atoms with Crippen molar-refractivity contribution in [1.29, 1.82) is 0 Å². The maximum atomic E-state index is 12.2. The Hall–Kier alpha value is -2.52. The average Bonchev–Trinajstić information content (AvgIpc) is 3.06. The molecule has 0 unspecified atom stereocenters. The number of aliphatic hydroxyl groups excluding tert-OH is 4. The monoisotopic (exact) mass is 662 g/mol. The van der Waals surface area contributed by atoms with Gasteiger partial charge in [0.25, 0.3) is 0 Å². The Labute approximate surface area is 285 Å². The van der Waals surface area contributed by atoms with Gasteiger partial charge in [0.15, 0.2) is 6.10 Å². The van der Waals surface area contributed by atoms with Gasteiger partial charge in [-0.15, -0.1) is 0 Å². The van der Waals surface area contributed by atoms with Crippen LogP contribution in [0, 0.1) is 0 Å². The van der Waals surface area contributed by atoms with Crippen LogP contribution in [0.5, 0.6) is 0 Å². The fourth-order valence-corrected chi connectivity index (χ4v) is 4.78. The lowest BCUT2D eigenvalue weighted by Crippen LogP contribution is -2.29. The van der Waals surface area contributed by atoms with E-state index in [0.717, 1.165) is 25.7 Å². The molecule has 0 aliphatic heterocycles. The van der Waals surface area contributed by atoms with E-state index in [9.17, 15) is 30.0 Å². The van der Waals surface area contributed by atoms with E-state index in [1.165, 1.54) is 70.3 Å². The third-order valence-corrected chi connectivity index (χ3v) is 7.67. The Morgan fingerprint density at radius 1 is 0.638 bits per heavy atom. The summed E-state index contributed by atoms with van der Waals surface area (Å²) < 4.78 is 10.4. The number of unbranched alkanes of at least 4 members (excludes halogenated alkanes) is 12. The molecule has 0 rings (SSSR count). The highest BCUT2D eigenvalue weighted by atomic mass is 16.6. The number of carbonyl (C=O) groups is 2. The predicted molar refractivity (Wildman–Crippen MR) is 191 cm³/mol. The summed E-state index contributed by atoms with van der Waals surface area (Å²) in [5.41, 5.74) is 0. The summed E-state index contributed by atoms with van der Waals surface area (Å²) >= 11 is 0.